The van der Waals surface area contributed by atoms with Crippen molar-refractivity contribution in [3.05, 3.63) is 30.1 Å². The number of nitrogens with zero attached hydrogens (tertiary/aromatic N) is 3. The zero-order chi connectivity index (χ0) is 16.6. The lowest BCUT2D eigenvalue weighted by Gasteiger charge is -2.33. The molecule has 0 aliphatic carbocycles. The van der Waals surface area contributed by atoms with Crippen molar-refractivity contribution in [2.24, 2.45) is 5.92 Å². The summed E-state index contributed by atoms with van der Waals surface area (Å²) >= 11 is 0. The van der Waals surface area contributed by atoms with Gasteiger partial charge < -0.3 is 10.2 Å². The second kappa shape index (κ2) is 6.28. The van der Waals surface area contributed by atoms with Gasteiger partial charge in [0.1, 0.15) is 0 Å². The van der Waals surface area contributed by atoms with Crippen molar-refractivity contribution in [1.82, 2.24) is 20.1 Å². The number of carbonyl (C=O) groups excluding carboxylic acids is 2. The van der Waals surface area contributed by atoms with Crippen LogP contribution in [0.1, 0.15) is 30.6 Å². The lowest BCUT2D eigenvalue weighted by Crippen LogP contribution is -2.50. The van der Waals surface area contributed by atoms with Crippen molar-refractivity contribution in [1.29, 1.82) is 0 Å². The molecule has 3 rings (SSSR count). The fourth-order valence-corrected chi connectivity index (χ4v) is 4.05. The van der Waals surface area contributed by atoms with Crippen LogP contribution in [-0.2, 0) is 4.79 Å². The summed E-state index contributed by atoms with van der Waals surface area (Å²) in [4.78, 5) is 33.0. The van der Waals surface area contributed by atoms with Crippen LogP contribution >= 0.6 is 0 Å². The number of nitrogens with one attached hydrogen (secondary N) is 1. The number of carbonyl (C=O) groups is 2. The number of amides is 2. The third kappa shape index (κ3) is 2.83. The number of hydrogen-bond donors (Lipinski definition) is 1. The Morgan fingerprint density at radius 1 is 1.35 bits per heavy atom. The zero-order valence-corrected chi connectivity index (χ0v) is 13.9. The molecule has 1 N–H and O–H groups in total. The normalized spacial score (nSPS) is 27.3. The molecular formula is C17H24N4O2. The maximum atomic E-state index is 12.6. The van der Waals surface area contributed by atoms with Crippen LogP contribution in [0, 0.1) is 5.92 Å². The van der Waals surface area contributed by atoms with Gasteiger partial charge in [-0.3, -0.25) is 19.5 Å². The minimum atomic E-state index is -0.0781. The van der Waals surface area contributed by atoms with Crippen LogP contribution < -0.4 is 5.32 Å². The first-order valence-electron chi connectivity index (χ1n) is 8.21. The maximum Gasteiger partial charge on any atom is 0.255 e. The highest BCUT2D eigenvalue weighted by Crippen LogP contribution is 2.37. The standard InChI is InChI=1S/C17H24N4O2/c1-11(2)21-14(16(22)18-3)7-13-9-20(10-15(13)21)17(23)12-5-4-6-19-8-12/h4-6,8,11,13-15H,7,9-10H2,1-3H3,(H,18,22)/t13-,14-,15+/m1/s1. The molecule has 0 aromatic carbocycles. The highest BCUT2D eigenvalue weighted by Gasteiger charge is 2.50. The van der Waals surface area contributed by atoms with Crippen LogP contribution in [0.2, 0.25) is 0 Å². The Bertz CT molecular complexity index is 590. The molecule has 124 valence electrons. The second-order valence-corrected chi connectivity index (χ2v) is 6.69. The third-order valence-electron chi connectivity index (χ3n) is 5.02. The number of fused-ring (bicyclic) bond motifs is 1. The highest BCUT2D eigenvalue weighted by molar-refractivity contribution is 5.94. The van der Waals surface area contributed by atoms with Gasteiger partial charge in [0.25, 0.3) is 5.91 Å². The average Bonchev–Trinajstić information content (AvgIpc) is 3.11. The van der Waals surface area contributed by atoms with Crippen molar-refractivity contribution in [3.63, 3.8) is 0 Å². The fraction of sp³-hybridized carbons (Fsp3) is 0.588. The number of rotatable bonds is 3. The molecular weight excluding hydrogens is 292 g/mol. The molecule has 23 heavy (non-hydrogen) atoms. The van der Waals surface area contributed by atoms with E-state index in [1.165, 1.54) is 0 Å². The lowest BCUT2D eigenvalue weighted by molar-refractivity contribution is -0.126. The molecule has 0 bridgehead atoms. The zero-order valence-electron chi connectivity index (χ0n) is 13.9. The van der Waals surface area contributed by atoms with Crippen LogP contribution in [0.5, 0.6) is 0 Å². The van der Waals surface area contributed by atoms with Crippen LogP contribution in [0.3, 0.4) is 0 Å². The summed E-state index contributed by atoms with van der Waals surface area (Å²) in [7, 11) is 1.69. The van der Waals surface area contributed by atoms with Crippen LogP contribution in [0.4, 0.5) is 0 Å². The SMILES string of the molecule is CNC(=O)[C@H]1C[C@@H]2CN(C(=O)c3cccnc3)C[C@@H]2N1C(C)C. The third-order valence-corrected chi connectivity index (χ3v) is 5.02. The summed E-state index contributed by atoms with van der Waals surface area (Å²) in [6, 6.07) is 4.05. The summed E-state index contributed by atoms with van der Waals surface area (Å²) in [6.45, 7) is 5.63. The summed E-state index contributed by atoms with van der Waals surface area (Å²) < 4.78 is 0. The van der Waals surface area contributed by atoms with E-state index in [0.29, 0.717) is 18.0 Å². The van der Waals surface area contributed by atoms with Crippen molar-refractivity contribution in [2.75, 3.05) is 20.1 Å². The molecule has 0 unspecified atom stereocenters. The molecule has 0 radical (unpaired) electrons. The van der Waals surface area contributed by atoms with E-state index in [1.54, 1.807) is 31.6 Å². The Hall–Kier alpha value is -1.95. The number of likely N-dealkylation sites (N-methyl/N-ethyl adjacent to an activating group) is 1. The van der Waals surface area contributed by atoms with Gasteiger partial charge in [0.15, 0.2) is 0 Å². The number of hydrogen-bond acceptors (Lipinski definition) is 4. The summed E-state index contributed by atoms with van der Waals surface area (Å²) in [5.74, 6) is 0.478. The number of pyridine rings is 1. The van der Waals surface area contributed by atoms with E-state index in [0.717, 1.165) is 13.0 Å². The first kappa shape index (κ1) is 15.9. The highest BCUT2D eigenvalue weighted by atomic mass is 16.2. The van der Waals surface area contributed by atoms with Gasteiger partial charge in [0, 0.05) is 44.6 Å². The van der Waals surface area contributed by atoms with E-state index in [1.807, 2.05) is 4.90 Å². The molecule has 6 nitrogen and oxygen atoms in total. The van der Waals surface area contributed by atoms with Crippen molar-refractivity contribution < 1.29 is 9.59 Å². The predicted molar refractivity (Wildman–Crippen MR) is 86.9 cm³/mol. The first-order chi connectivity index (χ1) is 11.0. The van der Waals surface area contributed by atoms with E-state index in [-0.39, 0.29) is 29.9 Å². The van der Waals surface area contributed by atoms with Crippen molar-refractivity contribution >= 4 is 11.8 Å². The molecule has 0 saturated carbocycles. The fourth-order valence-electron chi connectivity index (χ4n) is 4.05. The van der Waals surface area contributed by atoms with Crippen molar-refractivity contribution in [3.8, 4) is 0 Å². The molecule has 3 heterocycles. The molecule has 3 atom stereocenters. The monoisotopic (exact) mass is 316 g/mol. The van der Waals surface area contributed by atoms with Gasteiger partial charge in [-0.1, -0.05) is 0 Å². The van der Waals surface area contributed by atoms with Gasteiger partial charge in [-0.05, 0) is 38.3 Å². The van der Waals surface area contributed by atoms with Gasteiger partial charge in [-0.25, -0.2) is 0 Å². The summed E-state index contributed by atoms with van der Waals surface area (Å²) in [5.41, 5.74) is 0.631. The molecule has 1 aromatic rings. The average molecular weight is 316 g/mol. The Morgan fingerprint density at radius 2 is 2.13 bits per heavy atom. The molecule has 2 aliphatic rings. The quantitative estimate of drug-likeness (QED) is 0.894. The van der Waals surface area contributed by atoms with E-state index in [2.05, 4.69) is 29.0 Å². The van der Waals surface area contributed by atoms with Gasteiger partial charge in [0.2, 0.25) is 5.91 Å². The van der Waals surface area contributed by atoms with Gasteiger partial charge >= 0.3 is 0 Å². The topological polar surface area (TPSA) is 65.5 Å². The van der Waals surface area contributed by atoms with E-state index in [4.69, 9.17) is 0 Å². The second-order valence-electron chi connectivity index (χ2n) is 6.69. The molecule has 2 saturated heterocycles. The predicted octanol–water partition coefficient (Wildman–Crippen LogP) is 0.751. The largest absolute Gasteiger partial charge is 0.358 e. The van der Waals surface area contributed by atoms with E-state index in [9.17, 15) is 9.59 Å². The van der Waals surface area contributed by atoms with Gasteiger partial charge in [0.05, 0.1) is 11.6 Å². The Labute approximate surface area is 136 Å². The van der Waals surface area contributed by atoms with Crippen LogP contribution in [0.25, 0.3) is 0 Å². The molecule has 2 fully saturated rings. The summed E-state index contributed by atoms with van der Waals surface area (Å²) in [6.07, 6.45) is 4.10. The molecule has 0 spiro atoms. The molecule has 2 aliphatic heterocycles. The van der Waals surface area contributed by atoms with Gasteiger partial charge in [-0.15, -0.1) is 0 Å². The van der Waals surface area contributed by atoms with Crippen molar-refractivity contribution in [2.45, 2.75) is 38.4 Å². The molecule has 6 heteroatoms. The Morgan fingerprint density at radius 3 is 2.74 bits per heavy atom. The minimum absolute atomic E-state index is 0.0349. The smallest absolute Gasteiger partial charge is 0.255 e. The lowest BCUT2D eigenvalue weighted by atomic mass is 10.0. The number of likely N-dealkylation sites (tertiary alicyclic amines) is 2. The summed E-state index contributed by atoms with van der Waals surface area (Å²) in [5, 5.41) is 2.77. The van der Waals surface area contributed by atoms with E-state index >= 15 is 0 Å². The van der Waals surface area contributed by atoms with Crippen LogP contribution in [0.15, 0.2) is 24.5 Å². The van der Waals surface area contributed by atoms with Gasteiger partial charge in [-0.2, -0.15) is 0 Å². The van der Waals surface area contributed by atoms with E-state index < -0.39 is 0 Å². The number of aromatic nitrogens is 1. The Kier molecular flexibility index (Phi) is 4.35. The minimum Gasteiger partial charge on any atom is -0.358 e. The van der Waals surface area contributed by atoms with Crippen LogP contribution in [-0.4, -0.2) is 64.9 Å². The Balaban J connectivity index is 1.75. The molecule has 2 amide bonds. The first-order valence-corrected chi connectivity index (χ1v) is 8.21. The maximum absolute atomic E-state index is 12.6. The molecule has 1 aromatic heterocycles.